The Balaban J connectivity index is 1.65. The predicted molar refractivity (Wildman–Crippen MR) is 101 cm³/mol. The second-order valence-corrected chi connectivity index (χ2v) is 6.62. The van der Waals surface area contributed by atoms with E-state index in [9.17, 15) is 4.79 Å². The van der Waals surface area contributed by atoms with Crippen molar-refractivity contribution in [2.75, 3.05) is 31.4 Å². The number of amides is 1. The van der Waals surface area contributed by atoms with Crippen molar-refractivity contribution in [2.45, 2.75) is 6.92 Å². The van der Waals surface area contributed by atoms with Gasteiger partial charge in [-0.2, -0.15) is 0 Å². The lowest BCUT2D eigenvalue weighted by Crippen LogP contribution is -2.22. The third-order valence-corrected chi connectivity index (χ3v) is 4.56. The van der Waals surface area contributed by atoms with Crippen LogP contribution in [0.2, 0.25) is 0 Å². The fourth-order valence-corrected chi connectivity index (χ4v) is 3.30. The van der Waals surface area contributed by atoms with Gasteiger partial charge in [0.2, 0.25) is 5.91 Å². The van der Waals surface area contributed by atoms with E-state index in [4.69, 9.17) is 9.47 Å². The normalized spacial score (nSPS) is 10.5. The lowest BCUT2D eigenvalue weighted by molar-refractivity contribution is -0.114. The number of anilines is 2. The molecule has 2 N–H and O–H groups in total. The van der Waals surface area contributed by atoms with Gasteiger partial charge in [0.05, 0.1) is 41.7 Å². The molecule has 0 atom stereocenters. The molecule has 130 valence electrons. The monoisotopic (exact) mass is 357 g/mol. The zero-order valence-electron chi connectivity index (χ0n) is 14.3. The number of thiazole rings is 1. The molecule has 0 aliphatic heterocycles. The molecule has 0 spiro atoms. The number of rotatable bonds is 6. The number of carbonyl (C=O) groups excluding carboxylic acids is 1. The molecule has 1 heterocycles. The van der Waals surface area contributed by atoms with E-state index in [0.29, 0.717) is 17.2 Å². The fraction of sp³-hybridized carbons (Fsp3) is 0.222. The van der Waals surface area contributed by atoms with Gasteiger partial charge in [-0.25, -0.2) is 4.98 Å². The number of aromatic nitrogens is 1. The summed E-state index contributed by atoms with van der Waals surface area (Å²) in [6, 6.07) is 11.1. The van der Waals surface area contributed by atoms with E-state index >= 15 is 0 Å². The molecule has 3 aromatic rings. The van der Waals surface area contributed by atoms with E-state index in [-0.39, 0.29) is 12.5 Å². The van der Waals surface area contributed by atoms with Crippen LogP contribution in [0.1, 0.15) is 5.01 Å². The Morgan fingerprint density at radius 3 is 2.76 bits per heavy atom. The molecule has 0 radical (unpaired) electrons. The SMILES string of the molecule is COc1ccc(OC)c(NC(=O)CNc2ccc3nc(C)sc3c2)c1. The number of nitrogens with one attached hydrogen (secondary N) is 2. The van der Waals surface area contributed by atoms with Crippen LogP contribution in [0.3, 0.4) is 0 Å². The number of nitrogens with zero attached hydrogens (tertiary/aromatic N) is 1. The molecule has 7 heteroatoms. The second kappa shape index (κ2) is 7.40. The minimum absolute atomic E-state index is 0.143. The van der Waals surface area contributed by atoms with Gasteiger partial charge in [0.1, 0.15) is 11.5 Å². The Morgan fingerprint density at radius 2 is 2.00 bits per heavy atom. The summed E-state index contributed by atoms with van der Waals surface area (Å²) in [4.78, 5) is 16.7. The van der Waals surface area contributed by atoms with Crippen molar-refractivity contribution in [3.05, 3.63) is 41.4 Å². The number of hydrogen-bond acceptors (Lipinski definition) is 6. The second-order valence-electron chi connectivity index (χ2n) is 5.38. The van der Waals surface area contributed by atoms with E-state index in [1.54, 1.807) is 43.8 Å². The number of ether oxygens (including phenoxy) is 2. The van der Waals surface area contributed by atoms with Crippen LogP contribution >= 0.6 is 11.3 Å². The number of benzene rings is 2. The molecule has 1 aromatic heterocycles. The van der Waals surface area contributed by atoms with E-state index in [0.717, 1.165) is 20.9 Å². The lowest BCUT2D eigenvalue weighted by Gasteiger charge is -2.12. The van der Waals surface area contributed by atoms with Crippen LogP contribution in [-0.2, 0) is 4.79 Å². The average Bonchev–Trinajstić information content (AvgIpc) is 2.99. The third-order valence-electron chi connectivity index (χ3n) is 3.63. The Morgan fingerprint density at radius 1 is 1.16 bits per heavy atom. The fourth-order valence-electron chi connectivity index (χ4n) is 2.44. The van der Waals surface area contributed by atoms with Crippen molar-refractivity contribution >= 4 is 38.8 Å². The number of fused-ring (bicyclic) bond motifs is 1. The molecule has 0 aliphatic rings. The minimum atomic E-state index is -0.174. The first-order chi connectivity index (χ1) is 12.1. The van der Waals surface area contributed by atoms with Crippen LogP contribution < -0.4 is 20.1 Å². The maximum absolute atomic E-state index is 12.2. The summed E-state index contributed by atoms with van der Waals surface area (Å²) < 4.78 is 11.5. The lowest BCUT2D eigenvalue weighted by atomic mass is 10.2. The van der Waals surface area contributed by atoms with Crippen molar-refractivity contribution in [3.63, 3.8) is 0 Å². The van der Waals surface area contributed by atoms with Crippen LogP contribution in [0, 0.1) is 6.92 Å². The van der Waals surface area contributed by atoms with Crippen LogP contribution in [0.4, 0.5) is 11.4 Å². The highest BCUT2D eigenvalue weighted by molar-refractivity contribution is 7.18. The smallest absolute Gasteiger partial charge is 0.243 e. The number of methoxy groups -OCH3 is 2. The Kier molecular flexibility index (Phi) is 5.04. The Labute approximate surface area is 149 Å². The van der Waals surface area contributed by atoms with Gasteiger partial charge in [0, 0.05) is 11.8 Å². The van der Waals surface area contributed by atoms with Gasteiger partial charge in [0.25, 0.3) is 0 Å². The molecule has 2 aromatic carbocycles. The molecule has 0 aliphatic carbocycles. The molecule has 0 unspecified atom stereocenters. The van der Waals surface area contributed by atoms with Gasteiger partial charge in [-0.05, 0) is 37.3 Å². The largest absolute Gasteiger partial charge is 0.497 e. The standard InChI is InChI=1S/C18H19N3O3S/c1-11-20-14-6-4-12(8-17(14)25-11)19-10-18(22)21-15-9-13(23-2)5-7-16(15)24-3/h4-9,19H,10H2,1-3H3,(H,21,22). The Bertz CT molecular complexity index is 908. The van der Waals surface area contributed by atoms with Gasteiger partial charge in [-0.1, -0.05) is 0 Å². The molecule has 6 nitrogen and oxygen atoms in total. The van der Waals surface area contributed by atoms with Crippen LogP contribution in [-0.4, -0.2) is 31.7 Å². The molecule has 25 heavy (non-hydrogen) atoms. The highest BCUT2D eigenvalue weighted by Crippen LogP contribution is 2.29. The van der Waals surface area contributed by atoms with Crippen molar-refractivity contribution in [2.24, 2.45) is 0 Å². The number of carbonyl (C=O) groups is 1. The quantitative estimate of drug-likeness (QED) is 0.704. The maximum Gasteiger partial charge on any atom is 0.243 e. The van der Waals surface area contributed by atoms with E-state index in [2.05, 4.69) is 15.6 Å². The predicted octanol–water partition coefficient (Wildman–Crippen LogP) is 3.67. The number of hydrogen-bond donors (Lipinski definition) is 2. The zero-order chi connectivity index (χ0) is 17.8. The van der Waals surface area contributed by atoms with E-state index < -0.39 is 0 Å². The summed E-state index contributed by atoms with van der Waals surface area (Å²) in [5.41, 5.74) is 2.42. The number of aryl methyl sites for hydroxylation is 1. The molecular formula is C18H19N3O3S. The van der Waals surface area contributed by atoms with Gasteiger partial charge in [0.15, 0.2) is 0 Å². The van der Waals surface area contributed by atoms with Gasteiger partial charge >= 0.3 is 0 Å². The highest BCUT2D eigenvalue weighted by atomic mass is 32.1. The van der Waals surface area contributed by atoms with Crippen molar-refractivity contribution in [1.29, 1.82) is 0 Å². The average molecular weight is 357 g/mol. The summed E-state index contributed by atoms with van der Waals surface area (Å²) in [5.74, 6) is 1.05. The first kappa shape index (κ1) is 17.0. The van der Waals surface area contributed by atoms with Gasteiger partial charge in [-0.3, -0.25) is 4.79 Å². The summed E-state index contributed by atoms with van der Waals surface area (Å²) >= 11 is 1.63. The Hall–Kier alpha value is -2.80. The first-order valence-electron chi connectivity index (χ1n) is 7.72. The molecule has 0 saturated carbocycles. The summed E-state index contributed by atoms with van der Waals surface area (Å²) in [5, 5.41) is 6.98. The molecule has 0 saturated heterocycles. The molecular weight excluding hydrogens is 338 g/mol. The highest BCUT2D eigenvalue weighted by Gasteiger charge is 2.09. The van der Waals surface area contributed by atoms with Crippen molar-refractivity contribution < 1.29 is 14.3 Å². The van der Waals surface area contributed by atoms with Crippen LogP contribution in [0.5, 0.6) is 11.5 Å². The van der Waals surface area contributed by atoms with Crippen LogP contribution in [0.25, 0.3) is 10.2 Å². The summed E-state index contributed by atoms with van der Waals surface area (Å²) in [6.07, 6.45) is 0. The van der Waals surface area contributed by atoms with E-state index in [1.807, 2.05) is 25.1 Å². The van der Waals surface area contributed by atoms with Gasteiger partial charge < -0.3 is 20.1 Å². The topological polar surface area (TPSA) is 72.5 Å². The summed E-state index contributed by atoms with van der Waals surface area (Å²) in [6.45, 7) is 2.12. The molecule has 3 rings (SSSR count). The van der Waals surface area contributed by atoms with Crippen LogP contribution in [0.15, 0.2) is 36.4 Å². The first-order valence-corrected chi connectivity index (χ1v) is 8.53. The van der Waals surface area contributed by atoms with Crippen molar-refractivity contribution in [3.8, 4) is 11.5 Å². The maximum atomic E-state index is 12.2. The van der Waals surface area contributed by atoms with E-state index in [1.165, 1.54) is 0 Å². The zero-order valence-corrected chi connectivity index (χ0v) is 15.1. The molecule has 0 bridgehead atoms. The third kappa shape index (κ3) is 4.00. The molecule has 0 fully saturated rings. The van der Waals surface area contributed by atoms with Crippen molar-refractivity contribution in [1.82, 2.24) is 4.98 Å². The summed E-state index contributed by atoms with van der Waals surface area (Å²) in [7, 11) is 3.13. The minimum Gasteiger partial charge on any atom is -0.497 e. The molecule has 1 amide bonds. The van der Waals surface area contributed by atoms with Gasteiger partial charge in [-0.15, -0.1) is 11.3 Å².